The number of ether oxygens (including phenoxy) is 1. The summed E-state index contributed by atoms with van der Waals surface area (Å²) in [4.78, 5) is 0.245. The summed E-state index contributed by atoms with van der Waals surface area (Å²) in [7, 11) is -6.95. The van der Waals surface area contributed by atoms with E-state index < -0.39 is 20.0 Å². The quantitative estimate of drug-likeness (QED) is 0.0463. The molecule has 14 heteroatoms. The highest BCUT2D eigenvalue weighted by Crippen LogP contribution is 2.35. The van der Waals surface area contributed by atoms with E-state index in [9.17, 15) is 22.8 Å². The second-order valence-electron chi connectivity index (χ2n) is 12.4. The number of hydrogen-bond donors (Lipinski definition) is 5. The van der Waals surface area contributed by atoms with E-state index in [1.165, 1.54) is 82.1 Å². The number of anilines is 3. The van der Waals surface area contributed by atoms with Gasteiger partial charge in [-0.05, 0) is 74.0 Å². The average Bonchev–Trinajstić information content (AvgIpc) is 3.08. The smallest absolute Gasteiger partial charge is 0.234 e. The molecule has 0 bridgehead atoms. The van der Waals surface area contributed by atoms with E-state index in [-0.39, 0.29) is 37.9 Å². The molecule has 0 spiro atoms. The summed E-state index contributed by atoms with van der Waals surface area (Å²) in [5, 5.41) is 22.6. The monoisotopic (exact) mass is 793 g/mol. The van der Waals surface area contributed by atoms with Gasteiger partial charge in [0.05, 0.1) is 33.5 Å². The summed E-state index contributed by atoms with van der Waals surface area (Å²) >= 11 is 11.2. The number of unbranched alkanes of at least 4 members (excludes halogenated alkanes) is 9. The number of nitrogens with one attached hydrogen (secondary N) is 3. The lowest BCUT2D eigenvalue weighted by Gasteiger charge is -2.14. The first-order chi connectivity index (χ1) is 24.7. The van der Waals surface area contributed by atoms with E-state index in [2.05, 4.69) is 17.0 Å². The second kappa shape index (κ2) is 21.0. The summed E-state index contributed by atoms with van der Waals surface area (Å²) in [5.41, 5.74) is 2.67. The Balaban J connectivity index is 0.000000435. The molecule has 0 heterocycles. The minimum Gasteiger partial charge on any atom is -0.505 e. The van der Waals surface area contributed by atoms with E-state index in [0.717, 1.165) is 36.3 Å². The molecular formula is C38H49Cl2N3O7S2. The van der Waals surface area contributed by atoms with Gasteiger partial charge in [-0.1, -0.05) is 106 Å². The number of benzene rings is 4. The van der Waals surface area contributed by atoms with Gasteiger partial charge in [-0.15, -0.1) is 0 Å². The van der Waals surface area contributed by atoms with Gasteiger partial charge in [-0.3, -0.25) is 4.72 Å². The van der Waals surface area contributed by atoms with E-state index >= 15 is 0 Å². The highest BCUT2D eigenvalue weighted by molar-refractivity contribution is 7.92. The molecule has 4 aromatic carbocycles. The van der Waals surface area contributed by atoms with Crippen molar-refractivity contribution in [3.05, 3.63) is 94.5 Å². The Bertz CT molecular complexity index is 1900. The van der Waals surface area contributed by atoms with Crippen LogP contribution in [0.1, 0.15) is 76.7 Å². The normalized spacial score (nSPS) is 12.2. The predicted octanol–water partition coefficient (Wildman–Crippen LogP) is 11.2. The summed E-state index contributed by atoms with van der Waals surface area (Å²) in [6.45, 7) is 4.88. The zero-order valence-corrected chi connectivity index (χ0v) is 32.9. The first kappa shape index (κ1) is 42.6. The fourth-order valence-electron chi connectivity index (χ4n) is 4.97. The van der Waals surface area contributed by atoms with Crippen LogP contribution in [0.4, 0.5) is 17.1 Å². The molecule has 0 saturated heterocycles. The van der Waals surface area contributed by atoms with Gasteiger partial charge in [0, 0.05) is 17.4 Å². The number of aryl methyl sites for hydroxylation is 1. The van der Waals surface area contributed by atoms with Gasteiger partial charge >= 0.3 is 0 Å². The number of halogens is 2. The molecule has 1 atom stereocenters. The summed E-state index contributed by atoms with van der Waals surface area (Å²) in [5.74, 6) is 0.353. The zero-order valence-electron chi connectivity index (χ0n) is 29.8. The van der Waals surface area contributed by atoms with Gasteiger partial charge in [-0.2, -0.15) is 0 Å². The number of sulfonamides is 1. The SMILES string of the molecule is CCCCCCCCCCCCOc1ccc(Nc2ccc(O)c(OS(=N)(=O)c3ccc(C)cc3)c2)cc1.CS(=O)(=O)Nc1cc(Cl)c(O)c(Cl)c1. The largest absolute Gasteiger partial charge is 0.505 e. The standard InChI is InChI=1S/C31H42N2O4S.C7H7Cl2NO3S/c1-3-4-5-6-7-8-9-10-11-12-23-36-28-18-15-26(16-19-28)33-27-17-22-30(34)31(24-27)37-38(32,35)29-20-13-25(2)14-21-29;1-14(12,13)10-4-2-5(8)7(11)6(9)3-4/h13-22,24,32-34H,3-12,23H2,1-2H3;2-3,10-11H,1H3. The maximum absolute atomic E-state index is 12.8. The van der Waals surface area contributed by atoms with Crippen molar-refractivity contribution in [1.82, 2.24) is 0 Å². The van der Waals surface area contributed by atoms with Crippen LogP contribution < -0.4 is 19.0 Å². The Morgan fingerprint density at radius 3 is 1.81 bits per heavy atom. The minimum absolute atomic E-state index is 0.0105. The third-order valence-corrected chi connectivity index (χ3v) is 10.2. The van der Waals surface area contributed by atoms with Crippen LogP contribution in [0.15, 0.2) is 83.8 Å². The Morgan fingerprint density at radius 2 is 1.25 bits per heavy atom. The summed E-state index contributed by atoms with van der Waals surface area (Å²) in [6.07, 6.45) is 14.0. The van der Waals surface area contributed by atoms with Crippen molar-refractivity contribution < 1.29 is 31.8 Å². The van der Waals surface area contributed by atoms with E-state index in [4.69, 9.17) is 36.9 Å². The number of hydrogen-bond acceptors (Lipinski definition) is 9. The van der Waals surface area contributed by atoms with Crippen LogP contribution in [0.2, 0.25) is 10.0 Å². The lowest BCUT2D eigenvalue weighted by molar-refractivity contribution is 0.304. The van der Waals surface area contributed by atoms with E-state index in [1.54, 1.807) is 30.3 Å². The Hall–Kier alpha value is -3.84. The van der Waals surface area contributed by atoms with Crippen molar-refractivity contribution in [1.29, 1.82) is 4.78 Å². The molecule has 0 aromatic heterocycles. The van der Waals surface area contributed by atoms with Crippen LogP contribution in [0.5, 0.6) is 23.0 Å². The molecule has 284 valence electrons. The van der Waals surface area contributed by atoms with Crippen molar-refractivity contribution >= 4 is 60.3 Å². The molecule has 1 unspecified atom stereocenters. The first-order valence-corrected chi connectivity index (χ1v) is 21.3. The summed E-state index contributed by atoms with van der Waals surface area (Å²) < 4.78 is 56.2. The molecule has 4 rings (SSSR count). The highest BCUT2D eigenvalue weighted by atomic mass is 35.5. The van der Waals surface area contributed by atoms with Crippen molar-refractivity contribution in [2.45, 2.75) is 83.0 Å². The van der Waals surface area contributed by atoms with Crippen LogP contribution >= 0.6 is 23.2 Å². The fraction of sp³-hybridized carbons (Fsp3) is 0.368. The molecule has 10 nitrogen and oxygen atoms in total. The molecule has 0 aliphatic rings. The molecule has 0 amide bonds. The lowest BCUT2D eigenvalue weighted by atomic mass is 10.1. The number of aromatic hydroxyl groups is 2. The third-order valence-electron chi connectivity index (χ3n) is 7.73. The predicted molar refractivity (Wildman–Crippen MR) is 213 cm³/mol. The average molecular weight is 795 g/mol. The zero-order chi connectivity index (χ0) is 38.1. The van der Waals surface area contributed by atoms with Crippen LogP contribution in [0.3, 0.4) is 0 Å². The van der Waals surface area contributed by atoms with Crippen LogP contribution in [-0.2, 0) is 20.0 Å². The Labute approximate surface area is 318 Å². The van der Waals surface area contributed by atoms with Crippen LogP contribution in [-0.4, -0.2) is 35.7 Å². The topological polar surface area (TPSA) is 158 Å². The van der Waals surface area contributed by atoms with Crippen molar-refractivity contribution in [2.75, 3.05) is 22.9 Å². The number of rotatable bonds is 19. The van der Waals surface area contributed by atoms with Gasteiger partial charge in [0.1, 0.15) is 5.75 Å². The van der Waals surface area contributed by atoms with Gasteiger partial charge in [0.15, 0.2) is 17.2 Å². The van der Waals surface area contributed by atoms with Gasteiger partial charge in [0.2, 0.25) is 20.0 Å². The van der Waals surface area contributed by atoms with E-state index in [0.29, 0.717) is 5.69 Å². The van der Waals surface area contributed by atoms with Crippen molar-refractivity contribution in [3.63, 3.8) is 0 Å². The van der Waals surface area contributed by atoms with E-state index in [1.807, 2.05) is 31.2 Å². The van der Waals surface area contributed by atoms with Crippen molar-refractivity contribution in [2.24, 2.45) is 0 Å². The van der Waals surface area contributed by atoms with Gasteiger partial charge in [0.25, 0.3) is 0 Å². The molecule has 52 heavy (non-hydrogen) atoms. The highest BCUT2D eigenvalue weighted by Gasteiger charge is 2.16. The van der Waals surface area contributed by atoms with Crippen LogP contribution in [0, 0.1) is 11.7 Å². The number of phenolic OH excluding ortho intramolecular Hbond substituents is 2. The number of phenols is 2. The Morgan fingerprint density at radius 1 is 0.712 bits per heavy atom. The minimum atomic E-state index is -3.57. The molecule has 0 radical (unpaired) electrons. The maximum Gasteiger partial charge on any atom is 0.234 e. The molecule has 5 N–H and O–H groups in total. The molecular weight excluding hydrogens is 745 g/mol. The molecule has 0 aliphatic carbocycles. The van der Waals surface area contributed by atoms with Crippen LogP contribution in [0.25, 0.3) is 0 Å². The second-order valence-corrected chi connectivity index (χ2v) is 16.6. The molecule has 0 fully saturated rings. The molecule has 0 aliphatic heterocycles. The van der Waals surface area contributed by atoms with Crippen molar-refractivity contribution in [3.8, 4) is 23.0 Å². The van der Waals surface area contributed by atoms with Gasteiger partial charge in [-0.25, -0.2) is 17.4 Å². The molecule has 4 aromatic rings. The molecule has 0 saturated carbocycles. The first-order valence-electron chi connectivity index (χ1n) is 17.2. The third kappa shape index (κ3) is 15.4. The fourth-order valence-corrected chi connectivity index (χ4v) is 6.98. The lowest BCUT2D eigenvalue weighted by Crippen LogP contribution is -2.09. The Kier molecular flexibility index (Phi) is 17.2. The van der Waals surface area contributed by atoms with Gasteiger partial charge < -0.3 is 24.4 Å². The maximum atomic E-state index is 12.8. The summed E-state index contributed by atoms with van der Waals surface area (Å²) in [6, 6.07) is 21.6.